The second-order valence-electron chi connectivity index (χ2n) is 6.83. The van der Waals surface area contributed by atoms with Crippen LogP contribution < -0.4 is 10.5 Å². The van der Waals surface area contributed by atoms with E-state index in [1.807, 2.05) is 12.1 Å². The number of hydrogen-bond acceptors (Lipinski definition) is 7. The molecule has 1 unspecified atom stereocenters. The van der Waals surface area contributed by atoms with Gasteiger partial charge in [-0.1, -0.05) is 12.1 Å². The van der Waals surface area contributed by atoms with Gasteiger partial charge < -0.3 is 9.64 Å². The molecule has 8 heteroatoms. The van der Waals surface area contributed by atoms with Gasteiger partial charge in [0.1, 0.15) is 12.4 Å². The van der Waals surface area contributed by atoms with Crippen LogP contribution in [0.15, 0.2) is 53.7 Å². The molecule has 0 saturated carbocycles. The second-order valence-corrected chi connectivity index (χ2v) is 6.83. The van der Waals surface area contributed by atoms with E-state index in [4.69, 9.17) is 15.0 Å². The van der Waals surface area contributed by atoms with Crippen LogP contribution in [0.5, 0.6) is 0 Å². The van der Waals surface area contributed by atoms with Gasteiger partial charge in [-0.15, -0.1) is 0 Å². The molecule has 29 heavy (non-hydrogen) atoms. The van der Waals surface area contributed by atoms with Crippen molar-refractivity contribution in [1.29, 1.82) is 5.26 Å². The smallest absolute Gasteiger partial charge is 0.255 e. The Kier molecular flexibility index (Phi) is 5.31. The van der Waals surface area contributed by atoms with Crippen molar-refractivity contribution in [1.82, 2.24) is 19.5 Å². The van der Waals surface area contributed by atoms with Crippen LogP contribution in [-0.4, -0.2) is 39.2 Å². The van der Waals surface area contributed by atoms with Crippen molar-refractivity contribution in [2.75, 3.05) is 24.6 Å². The average Bonchev–Trinajstić information content (AvgIpc) is 3.02. The van der Waals surface area contributed by atoms with E-state index in [0.717, 1.165) is 18.5 Å². The summed E-state index contributed by atoms with van der Waals surface area (Å²) in [4.78, 5) is 27.5. The molecule has 1 saturated heterocycles. The lowest BCUT2D eigenvalue weighted by Gasteiger charge is -2.26. The quantitative estimate of drug-likeness (QED) is 0.677. The fourth-order valence-electron chi connectivity index (χ4n) is 3.36. The molecule has 146 valence electrons. The summed E-state index contributed by atoms with van der Waals surface area (Å²) in [6.45, 7) is 1.89. The summed E-state index contributed by atoms with van der Waals surface area (Å²) in [6.07, 6.45) is 3.71. The van der Waals surface area contributed by atoms with Gasteiger partial charge in [0.05, 0.1) is 29.6 Å². The normalized spacial score (nSPS) is 16.8. The molecule has 4 rings (SSSR count). The van der Waals surface area contributed by atoms with Crippen LogP contribution in [0.1, 0.15) is 23.7 Å². The van der Waals surface area contributed by atoms with E-state index in [9.17, 15) is 4.79 Å². The SMILES string of the molecule is Cn1c(N2CCCOC(c3ccc(C#N)cc3)C2)nc(-c2ccncn2)cc1=O. The zero-order chi connectivity index (χ0) is 20.2. The zero-order valence-corrected chi connectivity index (χ0v) is 16.0. The third kappa shape index (κ3) is 4.00. The number of anilines is 1. The Hall–Kier alpha value is -3.57. The summed E-state index contributed by atoms with van der Waals surface area (Å²) >= 11 is 0. The third-order valence-corrected chi connectivity index (χ3v) is 4.93. The number of nitriles is 1. The molecule has 8 nitrogen and oxygen atoms in total. The van der Waals surface area contributed by atoms with Crippen LogP contribution in [-0.2, 0) is 11.8 Å². The first-order valence-corrected chi connectivity index (χ1v) is 9.37. The number of nitrogens with zero attached hydrogens (tertiary/aromatic N) is 6. The first-order chi connectivity index (χ1) is 14.2. The van der Waals surface area contributed by atoms with Gasteiger partial charge in [0.15, 0.2) is 0 Å². The van der Waals surface area contributed by atoms with Gasteiger partial charge in [0, 0.05) is 32.5 Å². The Bertz CT molecular complexity index is 1090. The van der Waals surface area contributed by atoms with E-state index in [0.29, 0.717) is 36.1 Å². The molecule has 0 radical (unpaired) electrons. The number of ether oxygens (including phenoxy) is 1. The van der Waals surface area contributed by atoms with Crippen molar-refractivity contribution in [2.24, 2.45) is 7.05 Å². The van der Waals surface area contributed by atoms with Crippen molar-refractivity contribution in [3.8, 4) is 17.5 Å². The van der Waals surface area contributed by atoms with Gasteiger partial charge in [0.25, 0.3) is 5.56 Å². The Balaban J connectivity index is 1.68. The summed E-state index contributed by atoms with van der Waals surface area (Å²) in [6, 6.07) is 12.8. The molecule has 0 aliphatic carbocycles. The number of aromatic nitrogens is 4. The number of benzene rings is 1. The topological polar surface area (TPSA) is 96.9 Å². The summed E-state index contributed by atoms with van der Waals surface area (Å²) in [7, 11) is 1.72. The molecule has 0 amide bonds. The Morgan fingerprint density at radius 3 is 2.76 bits per heavy atom. The van der Waals surface area contributed by atoms with Crippen molar-refractivity contribution in [2.45, 2.75) is 12.5 Å². The van der Waals surface area contributed by atoms with Gasteiger partial charge in [-0.25, -0.2) is 15.0 Å². The fourth-order valence-corrected chi connectivity index (χ4v) is 3.36. The van der Waals surface area contributed by atoms with Crippen molar-refractivity contribution in [3.05, 3.63) is 70.4 Å². The van der Waals surface area contributed by atoms with E-state index in [1.165, 1.54) is 12.4 Å². The van der Waals surface area contributed by atoms with Crippen LogP contribution >= 0.6 is 0 Å². The van der Waals surface area contributed by atoms with E-state index >= 15 is 0 Å². The molecular weight excluding hydrogens is 368 g/mol. The van der Waals surface area contributed by atoms with Crippen molar-refractivity contribution >= 4 is 5.95 Å². The standard InChI is InChI=1S/C21H20N6O2/c1-26-20(28)11-18(17-7-8-23-14-24-17)25-21(26)27-9-2-10-29-19(13-27)16-5-3-15(12-22)4-6-16/h3-8,11,14,19H,2,9-10,13H2,1H3. The van der Waals surface area contributed by atoms with E-state index in [2.05, 4.69) is 20.9 Å². The van der Waals surface area contributed by atoms with Crippen molar-refractivity contribution in [3.63, 3.8) is 0 Å². The lowest BCUT2D eigenvalue weighted by Crippen LogP contribution is -2.34. The second kappa shape index (κ2) is 8.20. The highest BCUT2D eigenvalue weighted by atomic mass is 16.5. The molecule has 1 aromatic carbocycles. The molecule has 0 spiro atoms. The first-order valence-electron chi connectivity index (χ1n) is 9.37. The van der Waals surface area contributed by atoms with Gasteiger partial charge in [-0.3, -0.25) is 9.36 Å². The first kappa shape index (κ1) is 18.8. The maximum atomic E-state index is 12.6. The van der Waals surface area contributed by atoms with Gasteiger partial charge in [-0.2, -0.15) is 5.26 Å². The summed E-state index contributed by atoms with van der Waals surface area (Å²) in [5.74, 6) is 0.579. The highest BCUT2D eigenvalue weighted by Crippen LogP contribution is 2.25. The van der Waals surface area contributed by atoms with Gasteiger partial charge in [-0.05, 0) is 30.2 Å². The molecular formula is C21H20N6O2. The third-order valence-electron chi connectivity index (χ3n) is 4.93. The van der Waals surface area contributed by atoms with E-state index in [1.54, 1.807) is 36.0 Å². The molecule has 1 fully saturated rings. The minimum atomic E-state index is -0.176. The van der Waals surface area contributed by atoms with Crippen molar-refractivity contribution < 1.29 is 4.74 Å². The molecule has 2 aromatic heterocycles. The highest BCUT2D eigenvalue weighted by molar-refractivity contribution is 5.55. The molecule has 3 aromatic rings. The van der Waals surface area contributed by atoms with E-state index < -0.39 is 0 Å². The Labute approximate surface area is 168 Å². The van der Waals surface area contributed by atoms with Gasteiger partial charge in [0.2, 0.25) is 5.95 Å². The molecule has 1 aliphatic rings. The van der Waals surface area contributed by atoms with Crippen LogP contribution in [0.4, 0.5) is 5.95 Å². The molecule has 0 N–H and O–H groups in total. The minimum absolute atomic E-state index is 0.149. The van der Waals surface area contributed by atoms with Crippen LogP contribution in [0.2, 0.25) is 0 Å². The molecule has 1 atom stereocenters. The largest absolute Gasteiger partial charge is 0.372 e. The number of rotatable bonds is 3. The summed E-state index contributed by atoms with van der Waals surface area (Å²) in [5.41, 5.74) is 2.58. The number of hydrogen-bond donors (Lipinski definition) is 0. The average molecular weight is 388 g/mol. The van der Waals surface area contributed by atoms with Crippen LogP contribution in [0, 0.1) is 11.3 Å². The maximum Gasteiger partial charge on any atom is 0.255 e. The van der Waals surface area contributed by atoms with Crippen LogP contribution in [0.3, 0.4) is 0 Å². The molecule has 3 heterocycles. The Morgan fingerprint density at radius 1 is 1.21 bits per heavy atom. The molecule has 0 bridgehead atoms. The lowest BCUT2D eigenvalue weighted by molar-refractivity contribution is 0.0685. The van der Waals surface area contributed by atoms with Crippen LogP contribution in [0.25, 0.3) is 11.4 Å². The summed E-state index contributed by atoms with van der Waals surface area (Å²) < 4.78 is 7.59. The summed E-state index contributed by atoms with van der Waals surface area (Å²) in [5, 5.41) is 9.01. The fraction of sp³-hybridized carbons (Fsp3) is 0.286. The molecule has 1 aliphatic heterocycles. The predicted octanol–water partition coefficient (Wildman–Crippen LogP) is 2.08. The monoisotopic (exact) mass is 388 g/mol. The zero-order valence-electron chi connectivity index (χ0n) is 16.0. The van der Waals surface area contributed by atoms with E-state index in [-0.39, 0.29) is 11.7 Å². The maximum absolute atomic E-state index is 12.6. The lowest BCUT2D eigenvalue weighted by atomic mass is 10.1. The highest BCUT2D eigenvalue weighted by Gasteiger charge is 2.24. The Morgan fingerprint density at radius 2 is 2.03 bits per heavy atom. The minimum Gasteiger partial charge on any atom is -0.372 e. The predicted molar refractivity (Wildman–Crippen MR) is 107 cm³/mol. The van der Waals surface area contributed by atoms with Gasteiger partial charge >= 0.3 is 0 Å².